The van der Waals surface area contributed by atoms with E-state index in [0.717, 1.165) is 23.7 Å². The summed E-state index contributed by atoms with van der Waals surface area (Å²) >= 11 is 0. The van der Waals surface area contributed by atoms with Gasteiger partial charge < -0.3 is 0 Å². The summed E-state index contributed by atoms with van der Waals surface area (Å²) in [6.07, 6.45) is 15.0. The van der Waals surface area contributed by atoms with Crippen LogP contribution in [0.3, 0.4) is 0 Å². The van der Waals surface area contributed by atoms with Gasteiger partial charge in [0.2, 0.25) is 0 Å². The summed E-state index contributed by atoms with van der Waals surface area (Å²) in [5, 5.41) is 0. The second-order valence-electron chi connectivity index (χ2n) is 5.42. The minimum atomic E-state index is 0. The minimum absolute atomic E-state index is 0. The molecular formula is C13H21W+. The fourth-order valence-electron chi connectivity index (χ4n) is 4.24. The molecule has 4 unspecified atom stereocenters. The molecule has 0 aromatic carbocycles. The zero-order valence-corrected chi connectivity index (χ0v) is 11.9. The molecule has 4 atom stereocenters. The van der Waals surface area contributed by atoms with Crippen molar-refractivity contribution < 1.29 is 21.1 Å². The molecule has 1 heteroatoms. The summed E-state index contributed by atoms with van der Waals surface area (Å²) in [5.41, 5.74) is 0. The molecule has 0 radical (unpaired) electrons. The Morgan fingerprint density at radius 2 is 1.07 bits per heavy atom. The van der Waals surface area contributed by atoms with Crippen molar-refractivity contribution >= 4 is 0 Å². The second-order valence-corrected chi connectivity index (χ2v) is 5.42. The molecule has 0 aromatic heterocycles. The second kappa shape index (κ2) is 4.60. The van der Waals surface area contributed by atoms with Crippen LogP contribution in [0.1, 0.15) is 51.4 Å². The van der Waals surface area contributed by atoms with Gasteiger partial charge in [-0.25, -0.2) is 0 Å². The maximum absolute atomic E-state index is 2.76. The standard InChI is InChI=1S/C13H21.W/c1-3-7-12-10(5-1)9-11-6-2-4-8-13(11)12;/h9-13H,1-8H2;/q+1;. The van der Waals surface area contributed by atoms with Crippen LogP contribution in [0.15, 0.2) is 0 Å². The van der Waals surface area contributed by atoms with Crippen molar-refractivity contribution in [1.29, 1.82) is 0 Å². The van der Waals surface area contributed by atoms with E-state index in [1.54, 1.807) is 12.8 Å². The number of rotatable bonds is 0. The Balaban J connectivity index is 0.000000750. The van der Waals surface area contributed by atoms with Crippen LogP contribution in [0.5, 0.6) is 0 Å². The summed E-state index contributed by atoms with van der Waals surface area (Å²) < 4.78 is 0. The first-order valence-electron chi connectivity index (χ1n) is 6.30. The molecule has 0 aromatic rings. The average Bonchev–Trinajstić information content (AvgIpc) is 2.56. The largest absolute Gasteiger partial charge is 0.101 e. The molecule has 0 nitrogen and oxygen atoms in total. The molecule has 0 amide bonds. The molecule has 0 aliphatic heterocycles. The Bertz CT molecular complexity index is 170. The molecule has 3 saturated carbocycles. The molecule has 3 rings (SSSR count). The van der Waals surface area contributed by atoms with Crippen molar-refractivity contribution in [2.45, 2.75) is 51.4 Å². The van der Waals surface area contributed by atoms with Crippen molar-refractivity contribution in [1.82, 2.24) is 0 Å². The third-order valence-corrected chi connectivity index (χ3v) is 4.79. The Labute approximate surface area is 102 Å². The zero-order chi connectivity index (χ0) is 8.67. The van der Waals surface area contributed by atoms with Crippen molar-refractivity contribution in [3.8, 4) is 0 Å². The van der Waals surface area contributed by atoms with E-state index < -0.39 is 0 Å². The van der Waals surface area contributed by atoms with Crippen LogP contribution in [0.4, 0.5) is 0 Å². The molecule has 14 heavy (non-hydrogen) atoms. The molecule has 0 spiro atoms. The van der Waals surface area contributed by atoms with Crippen LogP contribution < -0.4 is 0 Å². The maximum Gasteiger partial charge on any atom is 0.101 e. The Morgan fingerprint density at radius 3 is 1.57 bits per heavy atom. The van der Waals surface area contributed by atoms with Gasteiger partial charge in [-0.1, -0.05) is 12.8 Å². The molecular weight excluding hydrogens is 340 g/mol. The van der Waals surface area contributed by atoms with E-state index in [2.05, 4.69) is 6.42 Å². The van der Waals surface area contributed by atoms with Gasteiger partial charge in [0.25, 0.3) is 0 Å². The third kappa shape index (κ3) is 1.80. The SMILES string of the molecule is [CH+]1C2CCCCC2C2CCCCC12.[W]. The van der Waals surface area contributed by atoms with Crippen LogP contribution in [0.25, 0.3) is 0 Å². The zero-order valence-electron chi connectivity index (χ0n) is 8.95. The predicted molar refractivity (Wildman–Crippen MR) is 55.2 cm³/mol. The van der Waals surface area contributed by atoms with Gasteiger partial charge in [-0.15, -0.1) is 0 Å². The van der Waals surface area contributed by atoms with E-state index in [-0.39, 0.29) is 21.1 Å². The van der Waals surface area contributed by atoms with Crippen molar-refractivity contribution in [3.63, 3.8) is 0 Å². The van der Waals surface area contributed by atoms with Gasteiger partial charge in [0.05, 0.1) is 6.42 Å². The first-order valence-corrected chi connectivity index (χ1v) is 6.30. The average molecular weight is 361 g/mol. The van der Waals surface area contributed by atoms with Gasteiger partial charge in [-0.3, -0.25) is 0 Å². The Hall–Kier alpha value is 0.558. The normalized spacial score (nSPS) is 45.7. The Kier molecular flexibility index (Phi) is 3.63. The molecule has 78 valence electrons. The molecule has 3 aliphatic rings. The molecule has 0 bridgehead atoms. The predicted octanol–water partition coefficient (Wildman–Crippen LogP) is 3.81. The quantitative estimate of drug-likeness (QED) is 0.576. The fraction of sp³-hybridized carbons (Fsp3) is 0.923. The van der Waals surface area contributed by atoms with Gasteiger partial charge in [-0.05, 0) is 38.5 Å². The summed E-state index contributed by atoms with van der Waals surface area (Å²) in [5.74, 6) is 4.33. The van der Waals surface area contributed by atoms with Gasteiger partial charge >= 0.3 is 0 Å². The van der Waals surface area contributed by atoms with E-state index in [9.17, 15) is 0 Å². The topological polar surface area (TPSA) is 0 Å². The molecule has 0 saturated heterocycles. The van der Waals surface area contributed by atoms with Gasteiger partial charge in [0, 0.05) is 32.9 Å². The first-order chi connectivity index (χ1) is 6.45. The van der Waals surface area contributed by atoms with Crippen LogP contribution in [0.2, 0.25) is 0 Å². The van der Waals surface area contributed by atoms with E-state index in [4.69, 9.17) is 0 Å². The third-order valence-electron chi connectivity index (χ3n) is 4.79. The number of fused-ring (bicyclic) bond motifs is 3. The van der Waals surface area contributed by atoms with E-state index >= 15 is 0 Å². The number of hydrogen-bond acceptors (Lipinski definition) is 0. The summed E-state index contributed by atoms with van der Waals surface area (Å²) in [7, 11) is 0. The maximum atomic E-state index is 2.76. The van der Waals surface area contributed by atoms with Crippen molar-refractivity contribution in [2.24, 2.45) is 23.7 Å². The van der Waals surface area contributed by atoms with Crippen LogP contribution in [-0.4, -0.2) is 0 Å². The molecule has 3 fully saturated rings. The van der Waals surface area contributed by atoms with Gasteiger partial charge in [0.1, 0.15) is 11.8 Å². The van der Waals surface area contributed by atoms with E-state index in [1.165, 1.54) is 38.5 Å². The smallest absolute Gasteiger partial charge is 0.0527 e. The summed E-state index contributed by atoms with van der Waals surface area (Å²) in [4.78, 5) is 0. The van der Waals surface area contributed by atoms with Crippen molar-refractivity contribution in [3.05, 3.63) is 6.42 Å². The monoisotopic (exact) mass is 361 g/mol. The molecule has 0 N–H and O–H groups in total. The van der Waals surface area contributed by atoms with E-state index in [0.29, 0.717) is 0 Å². The van der Waals surface area contributed by atoms with E-state index in [1.807, 2.05) is 0 Å². The fourth-order valence-corrected chi connectivity index (χ4v) is 4.24. The molecule has 0 heterocycles. The van der Waals surface area contributed by atoms with Crippen LogP contribution >= 0.6 is 0 Å². The number of hydrogen-bond donors (Lipinski definition) is 0. The summed E-state index contributed by atoms with van der Waals surface area (Å²) in [6.45, 7) is 0. The van der Waals surface area contributed by atoms with Gasteiger partial charge in [-0.2, -0.15) is 0 Å². The van der Waals surface area contributed by atoms with Gasteiger partial charge in [0.15, 0.2) is 0 Å². The Morgan fingerprint density at radius 1 is 0.643 bits per heavy atom. The van der Waals surface area contributed by atoms with Crippen LogP contribution in [-0.2, 0) is 21.1 Å². The minimum Gasteiger partial charge on any atom is -0.0527 e. The van der Waals surface area contributed by atoms with Crippen LogP contribution in [0, 0.1) is 30.1 Å². The first kappa shape index (κ1) is 11.1. The molecule has 3 aliphatic carbocycles. The van der Waals surface area contributed by atoms with Crippen molar-refractivity contribution in [2.75, 3.05) is 0 Å². The summed E-state index contributed by atoms with van der Waals surface area (Å²) in [6, 6.07) is 0.